The minimum absolute atomic E-state index is 0.00403. The zero-order chi connectivity index (χ0) is 14.0. The van der Waals surface area contributed by atoms with Crippen molar-refractivity contribution in [2.75, 3.05) is 12.4 Å². The van der Waals surface area contributed by atoms with Gasteiger partial charge in [0.05, 0.1) is 16.7 Å². The van der Waals surface area contributed by atoms with E-state index in [0.717, 1.165) is 4.68 Å². The van der Waals surface area contributed by atoms with Gasteiger partial charge in [0.15, 0.2) is 0 Å². The Hall–Kier alpha value is -2.97. The summed E-state index contributed by atoms with van der Waals surface area (Å²) in [5.41, 5.74) is 5.02. The van der Waals surface area contributed by atoms with E-state index < -0.39 is 10.8 Å². The molecule has 3 N–H and O–H groups in total. The Morgan fingerprint density at radius 3 is 2.79 bits per heavy atom. The van der Waals surface area contributed by atoms with E-state index in [1.165, 1.54) is 24.5 Å². The van der Waals surface area contributed by atoms with Crippen LogP contribution in [0, 0.1) is 10.1 Å². The Labute approximate surface area is 107 Å². The van der Waals surface area contributed by atoms with E-state index in [2.05, 4.69) is 15.4 Å². The van der Waals surface area contributed by atoms with Crippen molar-refractivity contribution >= 4 is 17.4 Å². The van der Waals surface area contributed by atoms with Crippen molar-refractivity contribution in [2.45, 2.75) is 0 Å². The van der Waals surface area contributed by atoms with Crippen LogP contribution in [0.3, 0.4) is 0 Å². The lowest BCUT2D eigenvalue weighted by Gasteiger charge is -2.04. The van der Waals surface area contributed by atoms with Gasteiger partial charge in [-0.25, -0.2) is 9.67 Å². The summed E-state index contributed by atoms with van der Waals surface area (Å²) in [5.74, 6) is -0.222. The highest BCUT2D eigenvalue weighted by atomic mass is 16.6. The Bertz CT molecular complexity index is 650. The first kappa shape index (κ1) is 12.5. The molecule has 0 radical (unpaired) electrons. The van der Waals surface area contributed by atoms with Crippen molar-refractivity contribution < 1.29 is 9.72 Å². The molecule has 0 atom stereocenters. The predicted molar refractivity (Wildman–Crippen MR) is 66.1 cm³/mol. The maximum atomic E-state index is 11.0. The lowest BCUT2D eigenvalue weighted by atomic mass is 10.3. The van der Waals surface area contributed by atoms with Crippen molar-refractivity contribution in [1.82, 2.24) is 14.8 Å². The summed E-state index contributed by atoms with van der Waals surface area (Å²) in [6.07, 6.45) is 2.51. The standard InChI is InChI=1S/C10H10N6O3/c1-12-8-3-2-7(16(18)19)10(14-8)15-5-6(4-13-15)9(11)17/h2-5H,1H3,(H2,11,17)(H,12,14). The lowest BCUT2D eigenvalue weighted by Crippen LogP contribution is -2.10. The van der Waals surface area contributed by atoms with Gasteiger partial charge in [-0.15, -0.1) is 0 Å². The highest BCUT2D eigenvalue weighted by Crippen LogP contribution is 2.22. The molecule has 98 valence electrons. The van der Waals surface area contributed by atoms with Gasteiger partial charge in [0.25, 0.3) is 5.91 Å². The summed E-state index contributed by atoms with van der Waals surface area (Å²) < 4.78 is 1.14. The van der Waals surface area contributed by atoms with Crippen LogP contribution in [-0.4, -0.2) is 32.6 Å². The number of aromatic nitrogens is 3. The molecule has 0 saturated carbocycles. The molecule has 9 nitrogen and oxygen atoms in total. The normalized spacial score (nSPS) is 10.2. The molecule has 0 unspecified atom stereocenters. The maximum absolute atomic E-state index is 11.0. The van der Waals surface area contributed by atoms with Crippen LogP contribution < -0.4 is 11.1 Å². The minimum Gasteiger partial charge on any atom is -0.373 e. The van der Waals surface area contributed by atoms with Gasteiger partial charge in [0.2, 0.25) is 5.82 Å². The number of rotatable bonds is 4. The second-order valence-electron chi connectivity index (χ2n) is 3.58. The van der Waals surface area contributed by atoms with E-state index in [0.29, 0.717) is 5.82 Å². The molecule has 2 aromatic rings. The first-order valence-electron chi connectivity index (χ1n) is 5.21. The number of nitrogens with two attached hydrogens (primary N) is 1. The van der Waals surface area contributed by atoms with Gasteiger partial charge < -0.3 is 11.1 Å². The molecule has 2 aromatic heterocycles. The molecule has 2 heterocycles. The summed E-state index contributed by atoms with van der Waals surface area (Å²) in [6, 6.07) is 2.78. The van der Waals surface area contributed by atoms with Gasteiger partial charge in [-0.1, -0.05) is 0 Å². The number of hydrogen-bond acceptors (Lipinski definition) is 6. The molecule has 19 heavy (non-hydrogen) atoms. The van der Waals surface area contributed by atoms with Gasteiger partial charge in [-0.3, -0.25) is 14.9 Å². The number of nitro groups is 1. The number of nitrogens with zero attached hydrogens (tertiary/aromatic N) is 4. The van der Waals surface area contributed by atoms with E-state index in [9.17, 15) is 14.9 Å². The number of anilines is 1. The maximum Gasteiger partial charge on any atom is 0.313 e. The smallest absolute Gasteiger partial charge is 0.313 e. The zero-order valence-corrected chi connectivity index (χ0v) is 9.90. The second kappa shape index (κ2) is 4.72. The quantitative estimate of drug-likeness (QED) is 0.602. The first-order chi connectivity index (χ1) is 9.02. The third-order valence-electron chi connectivity index (χ3n) is 2.39. The summed E-state index contributed by atoms with van der Waals surface area (Å²) in [7, 11) is 1.63. The third-order valence-corrected chi connectivity index (χ3v) is 2.39. The molecule has 0 aliphatic carbocycles. The van der Waals surface area contributed by atoms with E-state index in [-0.39, 0.29) is 17.1 Å². The number of pyridine rings is 1. The third kappa shape index (κ3) is 2.34. The minimum atomic E-state index is -0.668. The van der Waals surface area contributed by atoms with Crippen LogP contribution in [0.1, 0.15) is 10.4 Å². The largest absolute Gasteiger partial charge is 0.373 e. The average Bonchev–Trinajstić information content (AvgIpc) is 2.87. The fourth-order valence-corrected chi connectivity index (χ4v) is 1.46. The fraction of sp³-hybridized carbons (Fsp3) is 0.100. The van der Waals surface area contributed by atoms with Gasteiger partial charge in [0.1, 0.15) is 5.82 Å². The Morgan fingerprint density at radius 2 is 2.26 bits per heavy atom. The summed E-state index contributed by atoms with van der Waals surface area (Å²) in [6.45, 7) is 0. The summed E-state index contributed by atoms with van der Waals surface area (Å²) >= 11 is 0. The topological polar surface area (TPSA) is 129 Å². The number of hydrogen-bond donors (Lipinski definition) is 2. The van der Waals surface area contributed by atoms with Crippen LogP contribution in [0.2, 0.25) is 0 Å². The number of nitrogens with one attached hydrogen (secondary N) is 1. The molecule has 9 heteroatoms. The van der Waals surface area contributed by atoms with E-state index in [4.69, 9.17) is 5.73 Å². The highest BCUT2D eigenvalue weighted by molar-refractivity contribution is 5.92. The lowest BCUT2D eigenvalue weighted by molar-refractivity contribution is -0.384. The van der Waals surface area contributed by atoms with Crippen LogP contribution >= 0.6 is 0 Å². The number of primary amides is 1. The van der Waals surface area contributed by atoms with Gasteiger partial charge in [-0.05, 0) is 6.07 Å². The van der Waals surface area contributed by atoms with Gasteiger partial charge >= 0.3 is 5.69 Å². The molecule has 1 amide bonds. The zero-order valence-electron chi connectivity index (χ0n) is 9.90. The molecule has 0 bridgehead atoms. The van der Waals surface area contributed by atoms with E-state index in [1.54, 1.807) is 7.05 Å². The van der Waals surface area contributed by atoms with Crippen LogP contribution in [0.15, 0.2) is 24.5 Å². The van der Waals surface area contributed by atoms with Crippen LogP contribution in [0.25, 0.3) is 5.82 Å². The summed E-state index contributed by atoms with van der Waals surface area (Å²) in [5, 5.41) is 17.6. The van der Waals surface area contributed by atoms with E-state index >= 15 is 0 Å². The summed E-state index contributed by atoms with van der Waals surface area (Å²) in [4.78, 5) is 25.4. The van der Waals surface area contributed by atoms with Gasteiger partial charge in [0, 0.05) is 19.3 Å². The first-order valence-corrected chi connectivity index (χ1v) is 5.21. The Balaban J connectivity index is 2.57. The number of amides is 1. The van der Waals surface area contributed by atoms with Crippen molar-refractivity contribution in [3.63, 3.8) is 0 Å². The van der Waals surface area contributed by atoms with E-state index in [1.807, 2.05) is 0 Å². The number of carbonyl (C=O) groups is 1. The molecular formula is C10H10N6O3. The fourth-order valence-electron chi connectivity index (χ4n) is 1.46. The van der Waals surface area contributed by atoms with Crippen LogP contribution in [-0.2, 0) is 0 Å². The predicted octanol–water partition coefficient (Wildman–Crippen LogP) is 0.316. The molecule has 0 aliphatic rings. The van der Waals surface area contributed by atoms with Crippen molar-refractivity contribution in [2.24, 2.45) is 5.73 Å². The molecule has 0 aromatic carbocycles. The van der Waals surface area contributed by atoms with Crippen LogP contribution in [0.5, 0.6) is 0 Å². The monoisotopic (exact) mass is 262 g/mol. The Morgan fingerprint density at radius 1 is 1.53 bits per heavy atom. The van der Waals surface area contributed by atoms with Crippen molar-refractivity contribution in [3.05, 3.63) is 40.2 Å². The van der Waals surface area contributed by atoms with Gasteiger partial charge in [-0.2, -0.15) is 5.10 Å². The average molecular weight is 262 g/mol. The van der Waals surface area contributed by atoms with Crippen LogP contribution in [0.4, 0.5) is 11.5 Å². The molecular weight excluding hydrogens is 252 g/mol. The molecule has 2 rings (SSSR count). The van der Waals surface area contributed by atoms with Crippen molar-refractivity contribution in [1.29, 1.82) is 0 Å². The highest BCUT2D eigenvalue weighted by Gasteiger charge is 2.19. The molecule has 0 spiro atoms. The number of carbonyl (C=O) groups excluding carboxylic acids is 1. The Kier molecular flexibility index (Phi) is 3.10. The second-order valence-corrected chi connectivity index (χ2v) is 3.58. The molecule has 0 aliphatic heterocycles. The molecule has 0 fully saturated rings. The SMILES string of the molecule is CNc1ccc([N+](=O)[O-])c(-n2cc(C(N)=O)cn2)n1. The van der Waals surface area contributed by atoms with Crippen molar-refractivity contribution in [3.8, 4) is 5.82 Å². The molecule has 0 saturated heterocycles.